The molecule has 2 rings (SSSR count). The highest BCUT2D eigenvalue weighted by atomic mass is 79.9. The van der Waals surface area contributed by atoms with Crippen molar-refractivity contribution in [2.45, 2.75) is 26.6 Å². The minimum absolute atomic E-state index is 0.103. The van der Waals surface area contributed by atoms with E-state index in [2.05, 4.69) is 46.4 Å². The summed E-state index contributed by atoms with van der Waals surface area (Å²) in [5, 5.41) is 12.4. The molecule has 0 aromatic heterocycles. The van der Waals surface area contributed by atoms with Gasteiger partial charge in [0, 0.05) is 17.6 Å². The number of benzene rings is 2. The Balaban J connectivity index is 1.86. The predicted molar refractivity (Wildman–Crippen MR) is 81.8 cm³/mol. The Bertz CT molecular complexity index is 537. The van der Waals surface area contributed by atoms with Gasteiger partial charge in [-0.25, -0.2) is 0 Å². The van der Waals surface area contributed by atoms with Crippen LogP contribution in [0.1, 0.15) is 22.3 Å². The zero-order valence-corrected chi connectivity index (χ0v) is 12.6. The van der Waals surface area contributed by atoms with E-state index in [1.54, 1.807) is 0 Å². The van der Waals surface area contributed by atoms with Crippen molar-refractivity contribution in [2.75, 3.05) is 0 Å². The van der Waals surface area contributed by atoms with Crippen molar-refractivity contribution in [3.05, 3.63) is 69.2 Å². The zero-order chi connectivity index (χ0) is 13.7. The summed E-state index contributed by atoms with van der Waals surface area (Å²) in [6.45, 7) is 3.89. The van der Waals surface area contributed by atoms with Crippen LogP contribution in [0.25, 0.3) is 0 Å². The first-order valence-electron chi connectivity index (χ1n) is 6.33. The summed E-state index contributed by atoms with van der Waals surface area (Å²) in [6, 6.07) is 14.4. The molecule has 2 aromatic rings. The van der Waals surface area contributed by atoms with E-state index >= 15 is 0 Å². The lowest BCUT2D eigenvalue weighted by Gasteiger charge is -2.07. The molecule has 0 heterocycles. The third kappa shape index (κ3) is 4.16. The first-order chi connectivity index (χ1) is 9.19. The molecule has 0 saturated carbocycles. The van der Waals surface area contributed by atoms with Gasteiger partial charge in [0.1, 0.15) is 0 Å². The average Bonchev–Trinajstić information content (AvgIpc) is 2.43. The summed E-state index contributed by atoms with van der Waals surface area (Å²) in [7, 11) is 0. The van der Waals surface area contributed by atoms with Crippen molar-refractivity contribution in [1.82, 2.24) is 5.32 Å². The van der Waals surface area contributed by atoms with Gasteiger partial charge in [0.05, 0.1) is 6.61 Å². The number of nitrogens with one attached hydrogen (secondary N) is 1. The highest BCUT2D eigenvalue weighted by Crippen LogP contribution is 2.17. The third-order valence-corrected chi connectivity index (χ3v) is 3.98. The molecule has 0 bridgehead atoms. The van der Waals surface area contributed by atoms with Crippen LogP contribution >= 0.6 is 15.9 Å². The van der Waals surface area contributed by atoms with Crippen molar-refractivity contribution in [1.29, 1.82) is 0 Å². The Hall–Kier alpha value is -1.16. The van der Waals surface area contributed by atoms with Crippen LogP contribution in [0.3, 0.4) is 0 Å². The third-order valence-electron chi connectivity index (χ3n) is 3.09. The van der Waals surface area contributed by atoms with E-state index in [9.17, 15) is 0 Å². The Morgan fingerprint density at radius 1 is 0.947 bits per heavy atom. The van der Waals surface area contributed by atoms with E-state index in [0.717, 1.165) is 23.1 Å². The van der Waals surface area contributed by atoms with Crippen molar-refractivity contribution in [2.24, 2.45) is 0 Å². The standard InChI is InChI=1S/C16H18BrNO/c1-12-8-15(6-7-16(12)17)10-18-9-13-2-4-14(11-19)5-3-13/h2-8,18-19H,9-11H2,1H3. The van der Waals surface area contributed by atoms with Gasteiger partial charge in [-0.15, -0.1) is 0 Å². The molecule has 0 aliphatic rings. The van der Waals surface area contributed by atoms with E-state index in [0.29, 0.717) is 0 Å². The molecule has 2 aromatic carbocycles. The molecule has 2 nitrogen and oxygen atoms in total. The van der Waals surface area contributed by atoms with Crippen LogP contribution in [0.2, 0.25) is 0 Å². The molecule has 0 amide bonds. The van der Waals surface area contributed by atoms with Gasteiger partial charge >= 0.3 is 0 Å². The van der Waals surface area contributed by atoms with Crippen LogP contribution in [0.15, 0.2) is 46.9 Å². The SMILES string of the molecule is Cc1cc(CNCc2ccc(CO)cc2)ccc1Br. The lowest BCUT2D eigenvalue weighted by atomic mass is 10.1. The first kappa shape index (κ1) is 14.3. The Labute approximate surface area is 122 Å². The summed E-state index contributed by atoms with van der Waals surface area (Å²) in [5.74, 6) is 0. The normalized spacial score (nSPS) is 10.7. The number of aliphatic hydroxyl groups excluding tert-OH is 1. The van der Waals surface area contributed by atoms with Gasteiger partial charge in [-0.05, 0) is 35.2 Å². The minimum Gasteiger partial charge on any atom is -0.392 e. The Kier molecular flexibility index (Phi) is 5.14. The van der Waals surface area contributed by atoms with E-state index in [1.165, 1.54) is 16.7 Å². The quantitative estimate of drug-likeness (QED) is 0.883. The topological polar surface area (TPSA) is 32.3 Å². The summed E-state index contributed by atoms with van der Waals surface area (Å²) in [6.07, 6.45) is 0. The molecule has 2 N–H and O–H groups in total. The average molecular weight is 320 g/mol. The maximum Gasteiger partial charge on any atom is 0.0681 e. The maximum absolute atomic E-state index is 8.98. The highest BCUT2D eigenvalue weighted by molar-refractivity contribution is 9.10. The smallest absolute Gasteiger partial charge is 0.0681 e. The molecule has 0 unspecified atom stereocenters. The summed E-state index contributed by atoms with van der Waals surface area (Å²) >= 11 is 3.51. The highest BCUT2D eigenvalue weighted by Gasteiger charge is 1.98. The zero-order valence-electron chi connectivity index (χ0n) is 11.0. The van der Waals surface area contributed by atoms with Crippen molar-refractivity contribution >= 4 is 15.9 Å². The van der Waals surface area contributed by atoms with Gasteiger partial charge in [-0.1, -0.05) is 52.3 Å². The predicted octanol–water partition coefficient (Wildman–Crippen LogP) is 3.54. The second-order valence-corrected chi connectivity index (χ2v) is 5.52. The number of halogens is 1. The minimum atomic E-state index is 0.103. The molecule has 3 heteroatoms. The Morgan fingerprint density at radius 2 is 1.53 bits per heavy atom. The van der Waals surface area contributed by atoms with Crippen LogP contribution in [0, 0.1) is 6.92 Å². The second-order valence-electron chi connectivity index (χ2n) is 4.66. The molecule has 0 saturated heterocycles. The summed E-state index contributed by atoms with van der Waals surface area (Å²) in [5.41, 5.74) is 4.72. The molecule has 0 atom stereocenters. The van der Waals surface area contributed by atoms with Crippen LogP contribution in [0.5, 0.6) is 0 Å². The van der Waals surface area contributed by atoms with Crippen LogP contribution < -0.4 is 5.32 Å². The fourth-order valence-corrected chi connectivity index (χ4v) is 2.18. The fraction of sp³-hybridized carbons (Fsp3) is 0.250. The van der Waals surface area contributed by atoms with Gasteiger partial charge in [-0.2, -0.15) is 0 Å². The van der Waals surface area contributed by atoms with Gasteiger partial charge in [0.25, 0.3) is 0 Å². The van der Waals surface area contributed by atoms with Gasteiger partial charge in [0.15, 0.2) is 0 Å². The van der Waals surface area contributed by atoms with Crippen LogP contribution in [0.4, 0.5) is 0 Å². The summed E-state index contributed by atoms with van der Waals surface area (Å²) < 4.78 is 1.15. The van der Waals surface area contributed by atoms with E-state index in [1.807, 2.05) is 24.3 Å². The lowest BCUT2D eigenvalue weighted by Crippen LogP contribution is -2.12. The van der Waals surface area contributed by atoms with Gasteiger partial charge in [0.2, 0.25) is 0 Å². The fourth-order valence-electron chi connectivity index (χ4n) is 1.93. The van der Waals surface area contributed by atoms with Crippen LogP contribution in [-0.2, 0) is 19.7 Å². The van der Waals surface area contributed by atoms with Gasteiger partial charge in [-0.3, -0.25) is 0 Å². The molecule has 0 spiro atoms. The summed E-state index contributed by atoms with van der Waals surface area (Å²) in [4.78, 5) is 0. The van der Waals surface area contributed by atoms with E-state index in [4.69, 9.17) is 5.11 Å². The molecule has 19 heavy (non-hydrogen) atoms. The largest absolute Gasteiger partial charge is 0.392 e. The number of aryl methyl sites for hydroxylation is 1. The van der Waals surface area contributed by atoms with E-state index < -0.39 is 0 Å². The second kappa shape index (κ2) is 6.85. The molecular weight excluding hydrogens is 302 g/mol. The number of hydrogen-bond acceptors (Lipinski definition) is 2. The van der Waals surface area contributed by atoms with Crippen molar-refractivity contribution < 1.29 is 5.11 Å². The molecular formula is C16H18BrNO. The lowest BCUT2D eigenvalue weighted by molar-refractivity contribution is 0.282. The maximum atomic E-state index is 8.98. The molecule has 0 aliphatic heterocycles. The van der Waals surface area contributed by atoms with Crippen molar-refractivity contribution in [3.8, 4) is 0 Å². The number of rotatable bonds is 5. The van der Waals surface area contributed by atoms with Crippen LogP contribution in [-0.4, -0.2) is 5.11 Å². The Morgan fingerprint density at radius 3 is 2.16 bits per heavy atom. The number of hydrogen-bond donors (Lipinski definition) is 2. The number of aliphatic hydroxyl groups is 1. The first-order valence-corrected chi connectivity index (χ1v) is 7.13. The van der Waals surface area contributed by atoms with Gasteiger partial charge < -0.3 is 10.4 Å². The van der Waals surface area contributed by atoms with E-state index in [-0.39, 0.29) is 6.61 Å². The molecule has 100 valence electrons. The van der Waals surface area contributed by atoms with Crippen molar-refractivity contribution in [3.63, 3.8) is 0 Å². The molecule has 0 aliphatic carbocycles. The monoisotopic (exact) mass is 319 g/mol. The molecule has 0 radical (unpaired) electrons. The molecule has 0 fully saturated rings.